The molecule has 2 aliphatic heterocycles. The number of rotatable bonds is 4. The molecule has 2 N–H and O–H groups in total. The minimum absolute atomic E-state index is 0.0302. The molecule has 3 atom stereocenters. The molecule has 6 heterocycles. The molecule has 0 radical (unpaired) electrons. The molecule has 11 heteroatoms. The molecule has 2 bridgehead atoms. The molecule has 0 amide bonds. The second kappa shape index (κ2) is 7.21. The highest BCUT2D eigenvalue weighted by molar-refractivity contribution is 7.29. The zero-order valence-electron chi connectivity index (χ0n) is 16.7. The number of pyridine rings is 1. The van der Waals surface area contributed by atoms with Gasteiger partial charge in [-0.15, -0.1) is 0 Å². The lowest BCUT2D eigenvalue weighted by molar-refractivity contribution is 0.354. The Kier molecular flexibility index (Phi) is 4.44. The standard InChI is InChI=1S/C20H20FN7OS2/c1-27(13-4-11-2-3-12(5-13)24-11)20-26-19-18(31-20)25-17(30-19)16-15(29)6-14(8-22-16)28-9-10(21)7-23-28/h6-9,11-13,24,29H,2-5H2,1H3/t11-,12+,13?. The van der Waals surface area contributed by atoms with Crippen LogP contribution >= 0.6 is 22.7 Å². The first kappa shape index (κ1) is 19.1. The molecule has 160 valence electrons. The van der Waals surface area contributed by atoms with Gasteiger partial charge in [0.05, 0.1) is 24.3 Å². The van der Waals surface area contributed by atoms with Crippen molar-refractivity contribution in [3.63, 3.8) is 0 Å². The molecule has 8 nitrogen and oxygen atoms in total. The van der Waals surface area contributed by atoms with Crippen LogP contribution in [0.4, 0.5) is 9.52 Å². The Labute approximate surface area is 185 Å². The number of aromatic hydroxyl groups is 1. The third-order valence-corrected chi connectivity index (χ3v) is 8.26. The molecule has 2 fully saturated rings. The number of thiazole rings is 2. The van der Waals surface area contributed by atoms with Crippen LogP contribution in [0.2, 0.25) is 0 Å². The molecular formula is C20H20FN7OS2. The average Bonchev–Trinajstić information content (AvgIpc) is 3.51. The smallest absolute Gasteiger partial charge is 0.188 e. The molecule has 0 aromatic carbocycles. The molecule has 2 saturated heterocycles. The quantitative estimate of drug-likeness (QED) is 0.484. The van der Waals surface area contributed by atoms with Gasteiger partial charge in [-0.3, -0.25) is 0 Å². The van der Waals surface area contributed by atoms with Crippen molar-refractivity contribution in [3.05, 3.63) is 30.5 Å². The summed E-state index contributed by atoms with van der Waals surface area (Å²) in [5.41, 5.74) is 0.859. The molecular weight excluding hydrogens is 437 g/mol. The number of nitrogens with one attached hydrogen (secondary N) is 1. The van der Waals surface area contributed by atoms with Crippen LogP contribution in [0.1, 0.15) is 25.7 Å². The maximum absolute atomic E-state index is 13.2. The largest absolute Gasteiger partial charge is 0.505 e. The summed E-state index contributed by atoms with van der Waals surface area (Å²) in [6.45, 7) is 0. The zero-order chi connectivity index (χ0) is 21.1. The maximum atomic E-state index is 13.2. The molecule has 2 aliphatic rings. The van der Waals surface area contributed by atoms with Crippen LogP contribution in [0.25, 0.3) is 26.0 Å². The van der Waals surface area contributed by atoms with Gasteiger partial charge in [-0.25, -0.2) is 24.0 Å². The summed E-state index contributed by atoms with van der Waals surface area (Å²) in [5.74, 6) is -0.481. The third-order valence-electron chi connectivity index (χ3n) is 6.13. The fourth-order valence-electron chi connectivity index (χ4n) is 4.56. The van der Waals surface area contributed by atoms with Gasteiger partial charge in [0.15, 0.2) is 20.6 Å². The average molecular weight is 458 g/mol. The van der Waals surface area contributed by atoms with Crippen molar-refractivity contribution in [2.45, 2.75) is 43.8 Å². The van der Waals surface area contributed by atoms with Crippen LogP contribution in [0.3, 0.4) is 0 Å². The highest BCUT2D eigenvalue weighted by atomic mass is 32.1. The second-order valence-electron chi connectivity index (χ2n) is 8.16. The lowest BCUT2D eigenvalue weighted by Gasteiger charge is -2.35. The van der Waals surface area contributed by atoms with Crippen LogP contribution in [0.5, 0.6) is 5.75 Å². The van der Waals surface area contributed by atoms with Crippen molar-refractivity contribution < 1.29 is 9.50 Å². The summed E-state index contributed by atoms with van der Waals surface area (Å²) in [7, 11) is 2.13. The van der Waals surface area contributed by atoms with E-state index in [9.17, 15) is 9.50 Å². The van der Waals surface area contributed by atoms with Crippen molar-refractivity contribution in [1.29, 1.82) is 0 Å². The van der Waals surface area contributed by atoms with Gasteiger partial charge in [0.1, 0.15) is 16.5 Å². The van der Waals surface area contributed by atoms with Gasteiger partial charge < -0.3 is 15.3 Å². The van der Waals surface area contributed by atoms with E-state index in [1.165, 1.54) is 47.3 Å². The van der Waals surface area contributed by atoms with Crippen molar-refractivity contribution >= 4 is 37.5 Å². The molecule has 4 aromatic heterocycles. The normalized spacial score (nSPS) is 23.0. The first-order valence-corrected chi connectivity index (χ1v) is 11.8. The number of fused-ring (bicyclic) bond motifs is 3. The number of piperidine rings is 1. The van der Waals surface area contributed by atoms with Crippen LogP contribution in [0.15, 0.2) is 24.7 Å². The lowest BCUT2D eigenvalue weighted by atomic mass is 9.99. The van der Waals surface area contributed by atoms with E-state index in [2.05, 4.69) is 32.3 Å². The second-order valence-corrected chi connectivity index (χ2v) is 10.1. The van der Waals surface area contributed by atoms with Gasteiger partial charge in [-0.05, 0) is 25.7 Å². The van der Waals surface area contributed by atoms with E-state index in [0.717, 1.165) is 33.8 Å². The Morgan fingerprint density at radius 2 is 1.94 bits per heavy atom. The summed E-state index contributed by atoms with van der Waals surface area (Å²) in [4.78, 5) is 17.8. The van der Waals surface area contributed by atoms with E-state index in [1.807, 2.05) is 0 Å². The van der Waals surface area contributed by atoms with Gasteiger partial charge in [0.2, 0.25) is 0 Å². The minimum atomic E-state index is -0.451. The number of nitrogens with zero attached hydrogens (tertiary/aromatic N) is 6. The Hall–Kier alpha value is -2.63. The molecule has 6 rings (SSSR count). The molecule has 0 saturated carbocycles. The van der Waals surface area contributed by atoms with Gasteiger partial charge in [-0.2, -0.15) is 5.10 Å². The van der Waals surface area contributed by atoms with Crippen molar-refractivity contribution in [3.8, 4) is 22.1 Å². The van der Waals surface area contributed by atoms with E-state index in [-0.39, 0.29) is 5.75 Å². The SMILES string of the molecule is CN(c1nc2sc(-c3ncc(-n4cc(F)cn4)cc3O)nc2s1)C1C[C@H]2CC[C@@H](C1)N2. The van der Waals surface area contributed by atoms with Crippen molar-refractivity contribution in [2.75, 3.05) is 11.9 Å². The Morgan fingerprint density at radius 1 is 1.16 bits per heavy atom. The van der Waals surface area contributed by atoms with Crippen LogP contribution in [-0.2, 0) is 0 Å². The number of hydrogen-bond acceptors (Lipinski definition) is 9. The maximum Gasteiger partial charge on any atom is 0.188 e. The predicted molar refractivity (Wildman–Crippen MR) is 119 cm³/mol. The van der Waals surface area contributed by atoms with E-state index in [1.54, 1.807) is 11.3 Å². The predicted octanol–water partition coefficient (Wildman–Crippen LogP) is 3.56. The first-order valence-electron chi connectivity index (χ1n) is 10.2. The molecule has 4 aromatic rings. The number of anilines is 1. The Balaban J connectivity index is 1.25. The number of hydrogen-bond donors (Lipinski definition) is 2. The van der Waals surface area contributed by atoms with Crippen molar-refractivity contribution in [2.24, 2.45) is 0 Å². The molecule has 0 aliphatic carbocycles. The van der Waals surface area contributed by atoms with Crippen LogP contribution in [-0.4, -0.2) is 55.0 Å². The van der Waals surface area contributed by atoms with Gasteiger partial charge in [0, 0.05) is 31.2 Å². The van der Waals surface area contributed by atoms with E-state index < -0.39 is 5.82 Å². The monoisotopic (exact) mass is 457 g/mol. The summed E-state index contributed by atoms with van der Waals surface area (Å²) in [6, 6.07) is 3.27. The Bertz CT molecular complexity index is 1220. The fraction of sp³-hybridized carbons (Fsp3) is 0.400. The van der Waals surface area contributed by atoms with Gasteiger partial charge in [0.25, 0.3) is 0 Å². The fourth-order valence-corrected chi connectivity index (χ4v) is 6.64. The van der Waals surface area contributed by atoms with Gasteiger partial charge >= 0.3 is 0 Å². The van der Waals surface area contributed by atoms with E-state index in [4.69, 9.17) is 4.98 Å². The van der Waals surface area contributed by atoms with Crippen LogP contribution in [0, 0.1) is 5.82 Å². The zero-order valence-corrected chi connectivity index (χ0v) is 18.3. The Morgan fingerprint density at radius 3 is 2.61 bits per heavy atom. The highest BCUT2D eigenvalue weighted by Crippen LogP contribution is 2.40. The van der Waals surface area contributed by atoms with Crippen LogP contribution < -0.4 is 10.2 Å². The molecule has 0 spiro atoms. The summed E-state index contributed by atoms with van der Waals surface area (Å²) in [6.07, 6.45) is 8.73. The minimum Gasteiger partial charge on any atom is -0.505 e. The third kappa shape index (κ3) is 3.36. The topological polar surface area (TPSA) is 92.0 Å². The summed E-state index contributed by atoms with van der Waals surface area (Å²) >= 11 is 2.99. The number of halogens is 1. The van der Waals surface area contributed by atoms with Crippen molar-refractivity contribution in [1.82, 2.24) is 30.0 Å². The summed E-state index contributed by atoms with van der Waals surface area (Å²) < 4.78 is 14.5. The highest BCUT2D eigenvalue weighted by Gasteiger charge is 2.36. The van der Waals surface area contributed by atoms with E-state index in [0.29, 0.717) is 34.5 Å². The summed E-state index contributed by atoms with van der Waals surface area (Å²) in [5, 5.41) is 19.7. The lowest BCUT2D eigenvalue weighted by Crippen LogP contribution is -2.47. The molecule has 1 unspecified atom stereocenters. The van der Waals surface area contributed by atoms with E-state index >= 15 is 0 Å². The number of aromatic nitrogens is 5. The van der Waals surface area contributed by atoms with Gasteiger partial charge in [-0.1, -0.05) is 22.7 Å². The molecule has 31 heavy (non-hydrogen) atoms. The first-order chi connectivity index (χ1) is 15.0.